The molecule has 1 aliphatic heterocycles. The van der Waals surface area contributed by atoms with Crippen LogP contribution in [0.2, 0.25) is 0 Å². The van der Waals surface area contributed by atoms with E-state index in [4.69, 9.17) is 19.9 Å². The Bertz CT molecular complexity index is 1060. The molecule has 3 rings (SSSR count). The van der Waals surface area contributed by atoms with Gasteiger partial charge < -0.3 is 19.9 Å². The van der Waals surface area contributed by atoms with Crippen molar-refractivity contribution in [1.82, 2.24) is 19.5 Å². The van der Waals surface area contributed by atoms with Crippen LogP contribution in [0.1, 0.15) is 46.9 Å². The maximum Gasteiger partial charge on any atom is 0.308 e. The Morgan fingerprint density at radius 2 is 1.53 bits per heavy atom. The number of rotatable bonds is 8. The van der Waals surface area contributed by atoms with E-state index in [2.05, 4.69) is 15.0 Å². The maximum atomic E-state index is 12.6. The molecule has 0 bridgehead atoms. The van der Waals surface area contributed by atoms with E-state index in [0.29, 0.717) is 11.2 Å². The highest BCUT2D eigenvalue weighted by Gasteiger charge is 2.51. The summed E-state index contributed by atoms with van der Waals surface area (Å²) in [6, 6.07) is 0. The Morgan fingerprint density at radius 1 is 0.941 bits per heavy atom. The third kappa shape index (κ3) is 5.43. The number of nitrogens with zero attached hydrogens (tertiary/aromatic N) is 4. The number of esters is 3. The molecule has 0 saturated carbocycles. The molecule has 2 aromatic rings. The molecule has 1 aliphatic rings. The Kier molecular flexibility index (Phi) is 8.01. The van der Waals surface area contributed by atoms with Crippen LogP contribution in [0, 0.1) is 17.8 Å². The minimum atomic E-state index is -0.876. The summed E-state index contributed by atoms with van der Waals surface area (Å²) in [5.41, 5.74) is 6.79. The molecule has 186 valence electrons. The first-order valence-corrected chi connectivity index (χ1v) is 12.1. The highest BCUT2D eigenvalue weighted by Crippen LogP contribution is 2.46. The normalized spacial score (nSPS) is 22.5. The molecule has 2 aromatic heterocycles. The summed E-state index contributed by atoms with van der Waals surface area (Å²) in [4.78, 5) is 49.9. The van der Waals surface area contributed by atoms with Gasteiger partial charge in [-0.05, 0) is 0 Å². The monoisotopic (exact) mass is 493 g/mol. The molecule has 3 heterocycles. The van der Waals surface area contributed by atoms with Crippen molar-refractivity contribution in [2.75, 3.05) is 12.3 Å². The van der Waals surface area contributed by atoms with Crippen LogP contribution < -0.4 is 5.73 Å². The fraction of sp³-hybridized carbons (Fsp3) is 0.636. The van der Waals surface area contributed by atoms with E-state index >= 15 is 0 Å². The van der Waals surface area contributed by atoms with Crippen molar-refractivity contribution in [3.05, 3.63) is 12.7 Å². The van der Waals surface area contributed by atoms with E-state index in [1.165, 1.54) is 24.4 Å². The SMILES string of the molecule is CC(C)C(=O)OC[C@H]1S[C@@H](n2cnc3c(N)ncnc32)[C@H](OC(=O)C(C)C)[C@@H]1OC(=O)C(C)C. The third-order valence-electron chi connectivity index (χ3n) is 5.26. The molecule has 0 unspecified atom stereocenters. The Morgan fingerprint density at radius 3 is 2.12 bits per heavy atom. The highest BCUT2D eigenvalue weighted by atomic mass is 32.2. The van der Waals surface area contributed by atoms with Gasteiger partial charge in [-0.1, -0.05) is 41.5 Å². The number of imidazole rings is 1. The summed E-state index contributed by atoms with van der Waals surface area (Å²) in [5, 5.41) is -1.05. The van der Waals surface area contributed by atoms with Gasteiger partial charge >= 0.3 is 17.9 Å². The zero-order valence-corrected chi connectivity index (χ0v) is 20.9. The molecule has 0 aliphatic carbocycles. The van der Waals surface area contributed by atoms with E-state index in [0.717, 1.165) is 0 Å². The quantitative estimate of drug-likeness (QED) is 0.426. The predicted octanol–water partition coefficient (Wildman–Crippen LogP) is 2.36. The van der Waals surface area contributed by atoms with E-state index in [9.17, 15) is 14.4 Å². The number of aromatic nitrogens is 4. The Hall–Kier alpha value is -2.89. The van der Waals surface area contributed by atoms with Crippen LogP contribution in [0.4, 0.5) is 5.82 Å². The minimum absolute atomic E-state index is 0.0201. The standard InChI is InChI=1S/C22H31N5O6S/c1-10(2)20(28)31-7-13-15(32-21(29)11(3)4)16(33-22(30)12(5)6)19(34-13)27-9-26-14-17(23)24-8-25-18(14)27/h8-13,15-16,19H,7H2,1-6H3,(H2,23,24,25)/t13-,15-,16-,19-/m1/s1. The number of nitrogens with two attached hydrogens (primary N) is 1. The van der Waals surface area contributed by atoms with Gasteiger partial charge in [0.1, 0.15) is 23.8 Å². The number of nitrogen functional groups attached to an aromatic ring is 1. The number of fused-ring (bicyclic) bond motifs is 1. The molecule has 0 aromatic carbocycles. The first kappa shape index (κ1) is 25.7. The van der Waals surface area contributed by atoms with Gasteiger partial charge in [0.2, 0.25) is 0 Å². The summed E-state index contributed by atoms with van der Waals surface area (Å²) in [7, 11) is 0. The molecule has 0 amide bonds. The lowest BCUT2D eigenvalue weighted by Crippen LogP contribution is -2.42. The van der Waals surface area contributed by atoms with E-state index in [1.807, 2.05) is 0 Å². The summed E-state index contributed by atoms with van der Waals surface area (Å²) < 4.78 is 18.9. The maximum absolute atomic E-state index is 12.6. The van der Waals surface area contributed by atoms with Crippen molar-refractivity contribution in [2.24, 2.45) is 17.8 Å². The Balaban J connectivity index is 2.02. The molecule has 0 spiro atoms. The number of anilines is 1. The minimum Gasteiger partial charge on any atom is -0.464 e. The topological polar surface area (TPSA) is 149 Å². The van der Waals surface area contributed by atoms with Crippen LogP contribution in [0.15, 0.2) is 12.7 Å². The second kappa shape index (κ2) is 10.6. The molecule has 2 N–H and O–H groups in total. The fourth-order valence-corrected chi connectivity index (χ4v) is 4.78. The summed E-state index contributed by atoms with van der Waals surface area (Å²) in [6.45, 7) is 10.3. The molecule has 11 nitrogen and oxygen atoms in total. The third-order valence-corrected chi connectivity index (χ3v) is 6.78. The second-order valence-electron chi connectivity index (χ2n) is 9.05. The largest absolute Gasteiger partial charge is 0.464 e. The average molecular weight is 494 g/mol. The summed E-state index contributed by atoms with van der Waals surface area (Å²) in [6.07, 6.45) is 1.12. The van der Waals surface area contributed by atoms with E-state index < -0.39 is 46.6 Å². The molecule has 12 heteroatoms. The van der Waals surface area contributed by atoms with Gasteiger partial charge in [0, 0.05) is 0 Å². The van der Waals surface area contributed by atoms with Crippen LogP contribution in [0.5, 0.6) is 0 Å². The van der Waals surface area contributed by atoms with Crippen molar-refractivity contribution < 1.29 is 28.6 Å². The molecular formula is C22H31N5O6S. The predicted molar refractivity (Wildman–Crippen MR) is 125 cm³/mol. The lowest BCUT2D eigenvalue weighted by molar-refractivity contribution is -0.173. The Labute approximate surface area is 202 Å². The lowest BCUT2D eigenvalue weighted by Gasteiger charge is -2.27. The molecule has 4 atom stereocenters. The highest BCUT2D eigenvalue weighted by molar-refractivity contribution is 8.00. The van der Waals surface area contributed by atoms with Gasteiger partial charge in [-0.15, -0.1) is 11.8 Å². The zero-order chi connectivity index (χ0) is 25.2. The number of hydrogen-bond donors (Lipinski definition) is 1. The number of carbonyl (C=O) groups excluding carboxylic acids is 3. The van der Waals surface area contributed by atoms with Crippen LogP contribution >= 0.6 is 11.8 Å². The number of carbonyl (C=O) groups is 3. The van der Waals surface area contributed by atoms with Crippen molar-refractivity contribution >= 4 is 46.7 Å². The van der Waals surface area contributed by atoms with Crippen molar-refractivity contribution in [3.63, 3.8) is 0 Å². The van der Waals surface area contributed by atoms with Gasteiger partial charge in [0.15, 0.2) is 23.7 Å². The van der Waals surface area contributed by atoms with Crippen LogP contribution in [-0.2, 0) is 28.6 Å². The van der Waals surface area contributed by atoms with E-state index in [-0.39, 0.29) is 24.3 Å². The number of ether oxygens (including phenoxy) is 3. The molecule has 1 fully saturated rings. The van der Waals surface area contributed by atoms with Gasteiger partial charge in [0.05, 0.1) is 29.3 Å². The molecular weight excluding hydrogens is 462 g/mol. The van der Waals surface area contributed by atoms with Crippen LogP contribution in [0.25, 0.3) is 11.2 Å². The number of hydrogen-bond acceptors (Lipinski definition) is 11. The molecule has 0 radical (unpaired) electrons. The molecule has 1 saturated heterocycles. The summed E-state index contributed by atoms with van der Waals surface area (Å²) in [5.74, 6) is -2.16. The van der Waals surface area contributed by atoms with Crippen LogP contribution in [-0.4, -0.2) is 61.5 Å². The number of thioether (sulfide) groups is 1. The molecule has 34 heavy (non-hydrogen) atoms. The summed E-state index contributed by atoms with van der Waals surface area (Å²) >= 11 is 1.36. The van der Waals surface area contributed by atoms with Crippen LogP contribution in [0.3, 0.4) is 0 Å². The second-order valence-corrected chi connectivity index (χ2v) is 10.4. The lowest BCUT2D eigenvalue weighted by atomic mass is 10.1. The van der Waals surface area contributed by atoms with Gasteiger partial charge in [-0.25, -0.2) is 15.0 Å². The fourth-order valence-electron chi connectivity index (χ4n) is 3.26. The van der Waals surface area contributed by atoms with Crippen molar-refractivity contribution in [3.8, 4) is 0 Å². The first-order chi connectivity index (χ1) is 16.0. The smallest absolute Gasteiger partial charge is 0.308 e. The van der Waals surface area contributed by atoms with Crippen molar-refractivity contribution in [1.29, 1.82) is 0 Å². The van der Waals surface area contributed by atoms with Gasteiger partial charge in [-0.2, -0.15) is 0 Å². The zero-order valence-electron chi connectivity index (χ0n) is 20.1. The van der Waals surface area contributed by atoms with Crippen molar-refractivity contribution in [2.45, 2.75) is 64.4 Å². The first-order valence-electron chi connectivity index (χ1n) is 11.2. The van der Waals surface area contributed by atoms with Gasteiger partial charge in [0.25, 0.3) is 0 Å². The average Bonchev–Trinajstić information content (AvgIpc) is 3.34. The van der Waals surface area contributed by atoms with Gasteiger partial charge in [-0.3, -0.25) is 19.0 Å². The van der Waals surface area contributed by atoms with E-state index in [1.54, 1.807) is 46.1 Å².